The van der Waals surface area contributed by atoms with Crippen LogP contribution in [0, 0.1) is 0 Å². The first-order valence-electron chi connectivity index (χ1n) is 8.04. The molecule has 9 heteroatoms. The van der Waals surface area contributed by atoms with Crippen molar-refractivity contribution in [3.05, 3.63) is 53.1 Å². The van der Waals surface area contributed by atoms with E-state index in [9.17, 15) is 14.4 Å². The summed E-state index contributed by atoms with van der Waals surface area (Å²) in [5.74, 6) is -0.849. The average Bonchev–Trinajstić information content (AvgIpc) is 2.75. The summed E-state index contributed by atoms with van der Waals surface area (Å²) in [7, 11) is 5.54. The Labute approximate surface area is 161 Å². The number of benzene rings is 2. The maximum absolute atomic E-state index is 12.4. The van der Waals surface area contributed by atoms with Crippen LogP contribution in [0.3, 0.4) is 0 Å². The molecule has 0 atom stereocenters. The van der Waals surface area contributed by atoms with Gasteiger partial charge in [0.1, 0.15) is 0 Å². The van der Waals surface area contributed by atoms with Gasteiger partial charge in [0.15, 0.2) is 11.5 Å². The molecule has 2 amide bonds. The zero-order chi connectivity index (χ0) is 20.7. The van der Waals surface area contributed by atoms with Crippen LogP contribution in [0.25, 0.3) is 0 Å². The molecule has 0 bridgehead atoms. The van der Waals surface area contributed by atoms with Gasteiger partial charge in [-0.3, -0.25) is 20.4 Å². The first-order valence-corrected chi connectivity index (χ1v) is 8.04. The highest BCUT2D eigenvalue weighted by Crippen LogP contribution is 2.38. The molecule has 9 nitrogen and oxygen atoms in total. The lowest BCUT2D eigenvalue weighted by Crippen LogP contribution is -2.41. The summed E-state index contributed by atoms with van der Waals surface area (Å²) in [6.45, 7) is 0. The fourth-order valence-electron chi connectivity index (χ4n) is 2.38. The van der Waals surface area contributed by atoms with Crippen molar-refractivity contribution in [1.29, 1.82) is 0 Å². The van der Waals surface area contributed by atoms with Crippen molar-refractivity contribution < 1.29 is 33.3 Å². The molecule has 0 fully saturated rings. The summed E-state index contributed by atoms with van der Waals surface area (Å²) < 4.78 is 20.2. The van der Waals surface area contributed by atoms with Crippen LogP contribution in [0.15, 0.2) is 36.4 Å². The Kier molecular flexibility index (Phi) is 6.80. The monoisotopic (exact) mass is 388 g/mol. The number of hydrogen-bond acceptors (Lipinski definition) is 7. The Morgan fingerprint density at radius 3 is 1.75 bits per heavy atom. The van der Waals surface area contributed by atoms with E-state index in [1.54, 1.807) is 0 Å². The maximum atomic E-state index is 12.4. The second-order valence-corrected chi connectivity index (χ2v) is 5.39. The van der Waals surface area contributed by atoms with Crippen LogP contribution in [0.4, 0.5) is 0 Å². The molecule has 0 heterocycles. The van der Waals surface area contributed by atoms with Gasteiger partial charge in [0.2, 0.25) is 5.75 Å². The number of rotatable bonds is 6. The average molecular weight is 388 g/mol. The van der Waals surface area contributed by atoms with E-state index in [0.29, 0.717) is 17.2 Å². The van der Waals surface area contributed by atoms with E-state index in [2.05, 4.69) is 15.6 Å². The van der Waals surface area contributed by atoms with E-state index in [1.165, 1.54) is 64.8 Å². The molecule has 0 spiro atoms. The van der Waals surface area contributed by atoms with Gasteiger partial charge in [0, 0.05) is 11.1 Å². The number of carbonyl (C=O) groups excluding carboxylic acids is 3. The molecule has 28 heavy (non-hydrogen) atoms. The van der Waals surface area contributed by atoms with Crippen molar-refractivity contribution >= 4 is 17.8 Å². The second kappa shape index (κ2) is 9.26. The lowest BCUT2D eigenvalue weighted by atomic mass is 10.1. The second-order valence-electron chi connectivity index (χ2n) is 5.39. The standard InChI is InChI=1S/C19H20N2O7/c1-25-14-9-13(10-15(26-2)16(14)27-3)18(23)21-20-17(22)11-6-5-7-12(8-11)19(24)28-4/h5-10H,1-4H3,(H,20,22)(H,21,23). The minimum atomic E-state index is -0.605. The third-order valence-electron chi connectivity index (χ3n) is 3.76. The van der Waals surface area contributed by atoms with Crippen LogP contribution in [0.1, 0.15) is 31.1 Å². The molecule has 148 valence electrons. The number of nitrogens with one attached hydrogen (secondary N) is 2. The first kappa shape index (κ1) is 20.6. The van der Waals surface area contributed by atoms with Gasteiger partial charge in [-0.25, -0.2) is 4.79 Å². The van der Waals surface area contributed by atoms with Gasteiger partial charge in [-0.15, -0.1) is 0 Å². The quantitative estimate of drug-likeness (QED) is 0.571. The van der Waals surface area contributed by atoms with Crippen molar-refractivity contribution in [2.24, 2.45) is 0 Å². The Morgan fingerprint density at radius 1 is 0.714 bits per heavy atom. The van der Waals surface area contributed by atoms with E-state index in [0.717, 1.165) is 0 Å². The van der Waals surface area contributed by atoms with Crippen LogP contribution in [-0.4, -0.2) is 46.2 Å². The Morgan fingerprint density at radius 2 is 1.25 bits per heavy atom. The molecule has 2 aromatic rings. The van der Waals surface area contributed by atoms with E-state index in [4.69, 9.17) is 14.2 Å². The predicted molar refractivity (Wildman–Crippen MR) is 98.8 cm³/mol. The van der Waals surface area contributed by atoms with Crippen LogP contribution in [0.5, 0.6) is 17.2 Å². The maximum Gasteiger partial charge on any atom is 0.337 e. The fraction of sp³-hybridized carbons (Fsp3) is 0.211. The van der Waals surface area contributed by atoms with Gasteiger partial charge >= 0.3 is 5.97 Å². The topological polar surface area (TPSA) is 112 Å². The number of hydrazine groups is 1. The van der Waals surface area contributed by atoms with Crippen LogP contribution < -0.4 is 25.1 Å². The zero-order valence-electron chi connectivity index (χ0n) is 15.8. The van der Waals surface area contributed by atoms with Crippen molar-refractivity contribution in [3.63, 3.8) is 0 Å². The first-order chi connectivity index (χ1) is 13.4. The molecule has 0 unspecified atom stereocenters. The van der Waals surface area contributed by atoms with Gasteiger partial charge < -0.3 is 18.9 Å². The highest BCUT2D eigenvalue weighted by atomic mass is 16.5. The van der Waals surface area contributed by atoms with E-state index < -0.39 is 17.8 Å². The summed E-state index contributed by atoms with van der Waals surface area (Å²) >= 11 is 0. The minimum Gasteiger partial charge on any atom is -0.493 e. The van der Waals surface area contributed by atoms with Crippen LogP contribution in [-0.2, 0) is 4.74 Å². The number of esters is 1. The predicted octanol–water partition coefficient (Wildman–Crippen LogP) is 1.57. The third kappa shape index (κ3) is 4.50. The number of methoxy groups -OCH3 is 4. The molecule has 0 aliphatic rings. The largest absolute Gasteiger partial charge is 0.493 e. The van der Waals surface area contributed by atoms with Crippen molar-refractivity contribution in [2.45, 2.75) is 0 Å². The molecule has 2 rings (SSSR count). The van der Waals surface area contributed by atoms with Crippen molar-refractivity contribution in [2.75, 3.05) is 28.4 Å². The van der Waals surface area contributed by atoms with Crippen LogP contribution >= 0.6 is 0 Å². The van der Waals surface area contributed by atoms with Crippen LogP contribution in [0.2, 0.25) is 0 Å². The zero-order valence-corrected chi connectivity index (χ0v) is 15.8. The Bertz CT molecular complexity index is 871. The fourth-order valence-corrected chi connectivity index (χ4v) is 2.38. The summed E-state index contributed by atoms with van der Waals surface area (Å²) in [6.07, 6.45) is 0. The van der Waals surface area contributed by atoms with Crippen molar-refractivity contribution in [3.8, 4) is 17.2 Å². The summed E-state index contributed by atoms with van der Waals surface area (Å²) in [5, 5.41) is 0. The van der Waals surface area contributed by atoms with Gasteiger partial charge in [-0.05, 0) is 30.3 Å². The molecule has 0 saturated heterocycles. The molecular weight excluding hydrogens is 368 g/mol. The minimum absolute atomic E-state index is 0.174. The number of ether oxygens (including phenoxy) is 4. The van der Waals surface area contributed by atoms with Gasteiger partial charge in [0.05, 0.1) is 34.0 Å². The highest BCUT2D eigenvalue weighted by Gasteiger charge is 2.18. The Hall–Kier alpha value is -3.75. The van der Waals surface area contributed by atoms with E-state index in [-0.39, 0.29) is 16.7 Å². The molecule has 0 aliphatic carbocycles. The summed E-state index contributed by atoms with van der Waals surface area (Å²) in [4.78, 5) is 36.2. The summed E-state index contributed by atoms with van der Waals surface area (Å²) in [6, 6.07) is 8.78. The van der Waals surface area contributed by atoms with Gasteiger partial charge in [-0.1, -0.05) is 6.07 Å². The Balaban J connectivity index is 2.14. The number of amides is 2. The molecule has 0 aromatic heterocycles. The summed E-state index contributed by atoms with van der Waals surface area (Å²) in [5.41, 5.74) is 5.14. The SMILES string of the molecule is COC(=O)c1cccc(C(=O)NNC(=O)c2cc(OC)c(OC)c(OC)c2)c1. The van der Waals surface area contributed by atoms with Gasteiger partial charge in [-0.2, -0.15) is 0 Å². The smallest absolute Gasteiger partial charge is 0.337 e. The van der Waals surface area contributed by atoms with E-state index >= 15 is 0 Å². The molecule has 2 aromatic carbocycles. The third-order valence-corrected chi connectivity index (χ3v) is 3.76. The van der Waals surface area contributed by atoms with Crippen molar-refractivity contribution in [1.82, 2.24) is 10.9 Å². The number of carbonyl (C=O) groups is 3. The molecule has 0 aliphatic heterocycles. The number of hydrogen-bond donors (Lipinski definition) is 2. The van der Waals surface area contributed by atoms with E-state index in [1.807, 2.05) is 0 Å². The lowest BCUT2D eigenvalue weighted by Gasteiger charge is -2.14. The normalized spacial score (nSPS) is 9.86. The highest BCUT2D eigenvalue weighted by molar-refractivity contribution is 6.01. The molecule has 0 saturated carbocycles. The molecular formula is C19H20N2O7. The van der Waals surface area contributed by atoms with Gasteiger partial charge in [0.25, 0.3) is 11.8 Å². The molecule has 0 radical (unpaired) electrons. The molecule has 2 N–H and O–H groups in total. The lowest BCUT2D eigenvalue weighted by molar-refractivity contribution is 0.0600.